The Morgan fingerprint density at radius 3 is 2.88 bits per heavy atom. The van der Waals surface area contributed by atoms with Gasteiger partial charge in [0.05, 0.1) is 4.92 Å². The number of benzene rings is 1. The maximum absolute atomic E-state index is 10.7. The van der Waals surface area contributed by atoms with E-state index in [-0.39, 0.29) is 11.7 Å². The van der Waals surface area contributed by atoms with Gasteiger partial charge >= 0.3 is 0 Å². The summed E-state index contributed by atoms with van der Waals surface area (Å²) in [4.78, 5) is 10.3. The average Bonchev–Trinajstić information content (AvgIpc) is 2.16. The minimum absolute atomic E-state index is 0.0223. The van der Waals surface area contributed by atoms with E-state index in [1.165, 1.54) is 12.1 Å². The van der Waals surface area contributed by atoms with E-state index < -0.39 is 4.92 Å². The van der Waals surface area contributed by atoms with Crippen molar-refractivity contribution in [1.29, 1.82) is 0 Å². The Kier molecular flexibility index (Phi) is 4.52. The van der Waals surface area contributed by atoms with Gasteiger partial charge in [0.15, 0.2) is 0 Å². The summed E-state index contributed by atoms with van der Waals surface area (Å²) in [6, 6.07) is 4.49. The number of hydrogen-bond donors (Lipinski definition) is 2. The highest BCUT2D eigenvalue weighted by Gasteiger charge is 2.13. The van der Waals surface area contributed by atoms with Crippen LogP contribution in [-0.2, 0) is 0 Å². The van der Waals surface area contributed by atoms with Crippen molar-refractivity contribution in [2.45, 2.75) is 19.4 Å². The Morgan fingerprint density at radius 1 is 1.62 bits per heavy atom. The zero-order valence-electron chi connectivity index (χ0n) is 8.94. The fraction of sp³-hybridized carbons (Fsp3) is 0.400. The molecule has 0 aliphatic rings. The number of anilines is 1. The van der Waals surface area contributed by atoms with Crippen molar-refractivity contribution in [2.75, 3.05) is 11.9 Å². The molecule has 1 atom stereocenters. The molecule has 1 unspecified atom stereocenters. The molecule has 1 rings (SSSR count). The molecule has 0 bridgehead atoms. The second-order valence-corrected chi connectivity index (χ2v) is 4.05. The topological polar surface area (TPSA) is 81.2 Å². The Balaban J connectivity index is 2.76. The molecule has 0 spiro atoms. The number of nitrogens with two attached hydrogens (primary N) is 1. The highest BCUT2D eigenvalue weighted by molar-refractivity contribution is 6.31. The highest BCUT2D eigenvalue weighted by atomic mass is 35.5. The van der Waals surface area contributed by atoms with Gasteiger partial charge in [-0.1, -0.05) is 11.6 Å². The number of nitro groups is 1. The van der Waals surface area contributed by atoms with Crippen LogP contribution in [0.25, 0.3) is 0 Å². The van der Waals surface area contributed by atoms with E-state index in [0.717, 1.165) is 6.42 Å². The molecule has 16 heavy (non-hydrogen) atoms. The van der Waals surface area contributed by atoms with E-state index >= 15 is 0 Å². The van der Waals surface area contributed by atoms with Gasteiger partial charge in [-0.3, -0.25) is 10.1 Å². The summed E-state index contributed by atoms with van der Waals surface area (Å²) in [5.41, 5.74) is 6.04. The molecule has 0 aliphatic carbocycles. The van der Waals surface area contributed by atoms with Crippen LogP contribution in [0.1, 0.15) is 13.3 Å². The molecule has 6 heteroatoms. The Bertz CT molecular complexity index is 382. The molecule has 0 fully saturated rings. The lowest BCUT2D eigenvalue weighted by Gasteiger charge is -2.09. The lowest BCUT2D eigenvalue weighted by atomic mass is 10.2. The molecule has 0 aromatic heterocycles. The average molecular weight is 244 g/mol. The summed E-state index contributed by atoms with van der Waals surface area (Å²) in [5, 5.41) is 14.2. The molecule has 0 saturated carbocycles. The van der Waals surface area contributed by atoms with E-state index in [2.05, 4.69) is 5.32 Å². The van der Waals surface area contributed by atoms with Crippen molar-refractivity contribution >= 4 is 23.0 Å². The SMILES string of the molecule is CC(N)CCNc1cc(Cl)ccc1[N+](=O)[O-]. The number of nitrogens with one attached hydrogen (secondary N) is 1. The number of nitro benzene ring substituents is 1. The number of rotatable bonds is 5. The summed E-state index contributed by atoms with van der Waals surface area (Å²) in [7, 11) is 0. The Hall–Kier alpha value is -1.33. The van der Waals surface area contributed by atoms with Crippen LogP contribution in [0, 0.1) is 10.1 Å². The van der Waals surface area contributed by atoms with Gasteiger partial charge in [0.1, 0.15) is 5.69 Å². The predicted octanol–water partition coefficient (Wildman–Crippen LogP) is 2.40. The lowest BCUT2D eigenvalue weighted by molar-refractivity contribution is -0.384. The summed E-state index contributed by atoms with van der Waals surface area (Å²) in [5.74, 6) is 0. The normalized spacial score (nSPS) is 12.2. The van der Waals surface area contributed by atoms with Crippen molar-refractivity contribution < 1.29 is 4.92 Å². The van der Waals surface area contributed by atoms with Crippen LogP contribution in [0.5, 0.6) is 0 Å². The third-order valence-electron chi connectivity index (χ3n) is 2.07. The molecular formula is C10H14ClN3O2. The molecule has 1 aromatic rings. The molecule has 88 valence electrons. The fourth-order valence-corrected chi connectivity index (χ4v) is 1.42. The van der Waals surface area contributed by atoms with Gasteiger partial charge in [-0.2, -0.15) is 0 Å². The van der Waals surface area contributed by atoms with Gasteiger partial charge in [-0.15, -0.1) is 0 Å². The van der Waals surface area contributed by atoms with Gasteiger partial charge in [0.25, 0.3) is 5.69 Å². The van der Waals surface area contributed by atoms with Crippen molar-refractivity contribution in [3.63, 3.8) is 0 Å². The predicted molar refractivity (Wildman–Crippen MR) is 64.9 cm³/mol. The quantitative estimate of drug-likeness (QED) is 0.615. The lowest BCUT2D eigenvalue weighted by Crippen LogP contribution is -2.19. The van der Waals surface area contributed by atoms with Crippen LogP contribution in [0.2, 0.25) is 5.02 Å². The molecule has 0 saturated heterocycles. The van der Waals surface area contributed by atoms with E-state index in [1.54, 1.807) is 6.07 Å². The van der Waals surface area contributed by atoms with Gasteiger partial charge in [0, 0.05) is 23.7 Å². The highest BCUT2D eigenvalue weighted by Crippen LogP contribution is 2.27. The van der Waals surface area contributed by atoms with E-state index in [9.17, 15) is 10.1 Å². The smallest absolute Gasteiger partial charge is 0.292 e. The van der Waals surface area contributed by atoms with Crippen LogP contribution < -0.4 is 11.1 Å². The zero-order valence-corrected chi connectivity index (χ0v) is 9.70. The van der Waals surface area contributed by atoms with E-state index in [4.69, 9.17) is 17.3 Å². The van der Waals surface area contributed by atoms with Gasteiger partial charge < -0.3 is 11.1 Å². The molecule has 0 aliphatic heterocycles. The van der Waals surface area contributed by atoms with Crippen molar-refractivity contribution in [1.82, 2.24) is 0 Å². The second-order valence-electron chi connectivity index (χ2n) is 3.61. The summed E-state index contributed by atoms with van der Waals surface area (Å²) in [6.07, 6.45) is 0.740. The first kappa shape index (κ1) is 12.7. The van der Waals surface area contributed by atoms with E-state index in [1.807, 2.05) is 6.92 Å². The zero-order chi connectivity index (χ0) is 12.1. The monoisotopic (exact) mass is 243 g/mol. The molecule has 1 aromatic carbocycles. The van der Waals surface area contributed by atoms with Gasteiger partial charge in [0.2, 0.25) is 0 Å². The van der Waals surface area contributed by atoms with Gasteiger partial charge in [-0.05, 0) is 25.5 Å². The summed E-state index contributed by atoms with van der Waals surface area (Å²) < 4.78 is 0. The first-order chi connectivity index (χ1) is 7.50. The van der Waals surface area contributed by atoms with Crippen molar-refractivity contribution in [3.05, 3.63) is 33.3 Å². The van der Waals surface area contributed by atoms with Crippen LogP contribution in [0.3, 0.4) is 0 Å². The van der Waals surface area contributed by atoms with Gasteiger partial charge in [-0.25, -0.2) is 0 Å². The molecular weight excluding hydrogens is 230 g/mol. The third kappa shape index (κ3) is 3.67. The second kappa shape index (κ2) is 5.67. The van der Waals surface area contributed by atoms with E-state index in [0.29, 0.717) is 17.3 Å². The number of hydrogen-bond acceptors (Lipinski definition) is 4. The molecule has 0 heterocycles. The fourth-order valence-electron chi connectivity index (χ4n) is 1.24. The standard InChI is InChI=1S/C10H14ClN3O2/c1-7(12)4-5-13-9-6-8(11)2-3-10(9)14(15)16/h2-3,6-7,13H,4-5,12H2,1H3. The van der Waals surface area contributed by atoms with Crippen molar-refractivity contribution in [3.8, 4) is 0 Å². The molecule has 5 nitrogen and oxygen atoms in total. The van der Waals surface area contributed by atoms with Crippen LogP contribution >= 0.6 is 11.6 Å². The Morgan fingerprint density at radius 2 is 2.31 bits per heavy atom. The van der Waals surface area contributed by atoms with Crippen LogP contribution in [-0.4, -0.2) is 17.5 Å². The molecule has 0 amide bonds. The maximum Gasteiger partial charge on any atom is 0.292 e. The van der Waals surface area contributed by atoms with Crippen LogP contribution in [0.15, 0.2) is 18.2 Å². The number of halogens is 1. The first-order valence-corrected chi connectivity index (χ1v) is 5.32. The summed E-state index contributed by atoms with van der Waals surface area (Å²) in [6.45, 7) is 2.47. The summed E-state index contributed by atoms with van der Waals surface area (Å²) >= 11 is 5.78. The molecule has 3 N–H and O–H groups in total. The maximum atomic E-state index is 10.7. The minimum atomic E-state index is -0.440. The van der Waals surface area contributed by atoms with Crippen molar-refractivity contribution in [2.24, 2.45) is 5.73 Å². The first-order valence-electron chi connectivity index (χ1n) is 4.94. The largest absolute Gasteiger partial charge is 0.379 e. The number of nitrogens with zero attached hydrogens (tertiary/aromatic N) is 1. The third-order valence-corrected chi connectivity index (χ3v) is 2.31. The Labute approximate surface area is 98.7 Å². The minimum Gasteiger partial charge on any atom is -0.379 e. The molecule has 0 radical (unpaired) electrons. The van der Waals surface area contributed by atoms with Crippen LogP contribution in [0.4, 0.5) is 11.4 Å².